The number of hydrogen-bond donors (Lipinski definition) is 1. The number of hydrogen-bond acceptors (Lipinski definition) is 2. The van der Waals surface area contributed by atoms with E-state index in [0.717, 1.165) is 42.5 Å². The molecule has 0 radical (unpaired) electrons. The Morgan fingerprint density at radius 3 is 2.94 bits per heavy atom. The van der Waals surface area contributed by atoms with E-state index in [-0.39, 0.29) is 0 Å². The van der Waals surface area contributed by atoms with Gasteiger partial charge in [0.1, 0.15) is 0 Å². The van der Waals surface area contributed by atoms with E-state index in [9.17, 15) is 4.79 Å². The second-order valence-electron chi connectivity index (χ2n) is 5.00. The summed E-state index contributed by atoms with van der Waals surface area (Å²) in [5, 5.41) is 0. The number of carbonyl (C=O) groups is 1. The molecular weight excluding hydrogens is 222 g/mol. The number of aryl methyl sites for hydroxylation is 1. The number of carbonyl (C=O) groups excluding carboxylic acids is 1. The van der Waals surface area contributed by atoms with Crippen molar-refractivity contribution in [1.82, 2.24) is 0 Å². The zero-order valence-electron chi connectivity index (χ0n) is 10.8. The van der Waals surface area contributed by atoms with Crippen molar-refractivity contribution in [3.05, 3.63) is 41.5 Å². The van der Waals surface area contributed by atoms with Gasteiger partial charge in [-0.1, -0.05) is 24.6 Å². The molecule has 0 saturated carbocycles. The van der Waals surface area contributed by atoms with Crippen molar-refractivity contribution < 1.29 is 4.79 Å². The van der Waals surface area contributed by atoms with Crippen molar-refractivity contribution in [2.75, 3.05) is 5.73 Å². The fourth-order valence-corrected chi connectivity index (χ4v) is 2.44. The molecule has 96 valence electrons. The molecule has 1 aromatic carbocycles. The van der Waals surface area contributed by atoms with Gasteiger partial charge in [-0.15, -0.1) is 0 Å². The fourth-order valence-electron chi connectivity index (χ4n) is 2.44. The smallest absolute Gasteiger partial charge is 0.158 e. The number of benzene rings is 1. The highest BCUT2D eigenvalue weighted by Crippen LogP contribution is 2.19. The molecule has 1 aromatic rings. The highest BCUT2D eigenvalue weighted by molar-refractivity contribution is 5.95. The lowest BCUT2D eigenvalue weighted by Crippen LogP contribution is -2.04. The minimum absolute atomic E-state index is 0.319. The first-order valence-electron chi connectivity index (χ1n) is 6.82. The number of anilines is 1. The summed E-state index contributed by atoms with van der Waals surface area (Å²) in [6, 6.07) is 7.80. The van der Waals surface area contributed by atoms with Crippen LogP contribution in [0.3, 0.4) is 0 Å². The quantitative estimate of drug-likeness (QED) is 0.820. The molecule has 1 aliphatic carbocycles. The molecule has 0 atom stereocenters. The Kier molecular flexibility index (Phi) is 4.57. The first-order valence-corrected chi connectivity index (χ1v) is 6.82. The van der Waals surface area contributed by atoms with E-state index in [1.54, 1.807) is 0 Å². The lowest BCUT2D eigenvalue weighted by atomic mass is 9.99. The van der Waals surface area contributed by atoms with Crippen LogP contribution >= 0.6 is 0 Å². The van der Waals surface area contributed by atoms with Gasteiger partial charge in [-0.05, 0) is 55.4 Å². The molecule has 0 saturated heterocycles. The molecule has 2 heteroatoms. The highest BCUT2D eigenvalue weighted by atomic mass is 16.1. The van der Waals surface area contributed by atoms with Crippen LogP contribution in [-0.4, -0.2) is 5.78 Å². The first-order chi connectivity index (χ1) is 8.75. The number of Topliss-reactive ketones (excluding diaryl/α,β-unsaturated/α-hetero) is 1. The third kappa shape index (κ3) is 3.73. The molecular formula is C16H21NO. The van der Waals surface area contributed by atoms with Crippen molar-refractivity contribution in [1.29, 1.82) is 0 Å². The summed E-state index contributed by atoms with van der Waals surface area (Å²) < 4.78 is 0. The summed E-state index contributed by atoms with van der Waals surface area (Å²) in [6.45, 7) is 0. The van der Waals surface area contributed by atoms with E-state index in [0.29, 0.717) is 12.2 Å². The molecule has 0 heterocycles. The largest absolute Gasteiger partial charge is 0.399 e. The normalized spacial score (nSPS) is 15.9. The summed E-state index contributed by atoms with van der Waals surface area (Å²) in [5.74, 6) is 0.319. The van der Waals surface area contributed by atoms with Gasteiger partial charge in [0, 0.05) is 12.1 Å². The Morgan fingerprint density at radius 2 is 2.11 bits per heavy atom. The Labute approximate surface area is 109 Å². The monoisotopic (exact) mass is 243 g/mol. The van der Waals surface area contributed by atoms with Gasteiger partial charge in [0.05, 0.1) is 0 Å². The van der Waals surface area contributed by atoms with Gasteiger partial charge in [-0.25, -0.2) is 0 Å². The van der Waals surface area contributed by atoms with Crippen LogP contribution in [0.1, 0.15) is 44.1 Å². The predicted molar refractivity (Wildman–Crippen MR) is 75.4 cm³/mol. The number of rotatable bonds is 4. The molecule has 0 fully saturated rings. The zero-order valence-corrected chi connectivity index (χ0v) is 10.8. The Hall–Kier alpha value is -1.57. The summed E-state index contributed by atoms with van der Waals surface area (Å²) in [7, 11) is 0. The Bertz CT molecular complexity index is 448. The SMILES string of the molecule is Nc1cccc(CCC(=O)C2=CCCCCC2)c1. The Morgan fingerprint density at radius 1 is 1.22 bits per heavy atom. The van der Waals surface area contributed by atoms with Crippen LogP contribution in [0.15, 0.2) is 35.9 Å². The highest BCUT2D eigenvalue weighted by Gasteiger charge is 2.11. The van der Waals surface area contributed by atoms with Crippen LogP contribution in [0.4, 0.5) is 5.69 Å². The van der Waals surface area contributed by atoms with Gasteiger partial charge >= 0.3 is 0 Å². The molecule has 0 spiro atoms. The average Bonchev–Trinajstić information content (AvgIpc) is 2.65. The van der Waals surface area contributed by atoms with Crippen molar-refractivity contribution >= 4 is 11.5 Å². The summed E-state index contributed by atoms with van der Waals surface area (Å²) in [5.41, 5.74) is 8.71. The second-order valence-corrected chi connectivity index (χ2v) is 5.00. The third-order valence-corrected chi connectivity index (χ3v) is 3.49. The number of allylic oxidation sites excluding steroid dienone is 2. The minimum atomic E-state index is 0.319. The van der Waals surface area contributed by atoms with Crippen LogP contribution in [0.25, 0.3) is 0 Å². The van der Waals surface area contributed by atoms with E-state index in [1.165, 1.54) is 12.8 Å². The van der Waals surface area contributed by atoms with Crippen LogP contribution in [0.5, 0.6) is 0 Å². The summed E-state index contributed by atoms with van der Waals surface area (Å²) in [4.78, 5) is 12.1. The number of nitrogen functional groups attached to an aromatic ring is 1. The molecule has 0 unspecified atom stereocenters. The molecule has 2 rings (SSSR count). The van der Waals surface area contributed by atoms with Gasteiger partial charge in [-0.2, -0.15) is 0 Å². The topological polar surface area (TPSA) is 43.1 Å². The number of nitrogens with two attached hydrogens (primary N) is 1. The maximum absolute atomic E-state index is 12.1. The lowest BCUT2D eigenvalue weighted by Gasteiger charge is -2.05. The first kappa shape index (κ1) is 12.9. The predicted octanol–water partition coefficient (Wildman–Crippen LogP) is 3.66. The summed E-state index contributed by atoms with van der Waals surface area (Å²) >= 11 is 0. The molecule has 2 nitrogen and oxygen atoms in total. The Balaban J connectivity index is 1.89. The molecule has 0 aromatic heterocycles. The van der Waals surface area contributed by atoms with Crippen LogP contribution in [0.2, 0.25) is 0 Å². The fraction of sp³-hybridized carbons (Fsp3) is 0.438. The summed E-state index contributed by atoms with van der Waals surface area (Å²) in [6.07, 6.45) is 9.23. The van der Waals surface area contributed by atoms with E-state index in [2.05, 4.69) is 6.08 Å². The van der Waals surface area contributed by atoms with Gasteiger partial charge in [0.15, 0.2) is 5.78 Å². The second kappa shape index (κ2) is 6.39. The van der Waals surface area contributed by atoms with Crippen LogP contribution in [-0.2, 0) is 11.2 Å². The van der Waals surface area contributed by atoms with Crippen molar-refractivity contribution in [3.8, 4) is 0 Å². The van der Waals surface area contributed by atoms with Crippen molar-refractivity contribution in [3.63, 3.8) is 0 Å². The molecule has 1 aliphatic rings. The molecule has 0 bridgehead atoms. The lowest BCUT2D eigenvalue weighted by molar-refractivity contribution is -0.115. The molecule has 0 aliphatic heterocycles. The van der Waals surface area contributed by atoms with Crippen LogP contribution in [0, 0.1) is 0 Å². The van der Waals surface area contributed by atoms with E-state index in [4.69, 9.17) is 5.73 Å². The van der Waals surface area contributed by atoms with Crippen molar-refractivity contribution in [2.45, 2.75) is 44.9 Å². The molecule has 0 amide bonds. The molecule has 2 N–H and O–H groups in total. The van der Waals surface area contributed by atoms with Gasteiger partial charge < -0.3 is 5.73 Å². The van der Waals surface area contributed by atoms with E-state index in [1.807, 2.05) is 24.3 Å². The van der Waals surface area contributed by atoms with E-state index < -0.39 is 0 Å². The van der Waals surface area contributed by atoms with Gasteiger partial charge in [-0.3, -0.25) is 4.79 Å². The number of ketones is 1. The minimum Gasteiger partial charge on any atom is -0.399 e. The van der Waals surface area contributed by atoms with Gasteiger partial charge in [0.2, 0.25) is 0 Å². The van der Waals surface area contributed by atoms with Crippen LogP contribution < -0.4 is 5.73 Å². The maximum atomic E-state index is 12.1. The van der Waals surface area contributed by atoms with Gasteiger partial charge in [0.25, 0.3) is 0 Å². The third-order valence-electron chi connectivity index (χ3n) is 3.49. The maximum Gasteiger partial charge on any atom is 0.158 e. The standard InChI is InChI=1S/C16H21NO/c17-15-9-5-6-13(12-15)10-11-16(18)14-7-3-1-2-4-8-14/h5-7,9,12H,1-4,8,10-11,17H2. The average molecular weight is 243 g/mol. The molecule has 18 heavy (non-hydrogen) atoms. The van der Waals surface area contributed by atoms with Crippen molar-refractivity contribution in [2.24, 2.45) is 0 Å². The van der Waals surface area contributed by atoms with E-state index >= 15 is 0 Å². The zero-order chi connectivity index (χ0) is 12.8.